The van der Waals surface area contributed by atoms with Gasteiger partial charge in [-0.2, -0.15) is 0 Å². The van der Waals surface area contributed by atoms with Gasteiger partial charge in [0.2, 0.25) is 15.9 Å². The topological polar surface area (TPSA) is 103 Å². The molecule has 0 atom stereocenters. The normalized spacial score (nSPS) is 17.6. The average Bonchev–Trinajstić information content (AvgIpc) is 2.58. The SMILES string of the molecule is CCS(=O)(=O)N1CCC(NC(=NC)NCC(C)(C)C(=O)NC)CC1.I. The van der Waals surface area contributed by atoms with E-state index in [9.17, 15) is 13.2 Å². The Balaban J connectivity index is 0.00000576. The summed E-state index contributed by atoms with van der Waals surface area (Å²) >= 11 is 0. The molecule has 8 nitrogen and oxygen atoms in total. The van der Waals surface area contributed by atoms with Crippen LogP contribution in [0.15, 0.2) is 4.99 Å². The van der Waals surface area contributed by atoms with Crippen molar-refractivity contribution in [3.05, 3.63) is 0 Å². The maximum Gasteiger partial charge on any atom is 0.227 e. The Kier molecular flexibility index (Phi) is 10.2. The van der Waals surface area contributed by atoms with E-state index in [-0.39, 0.29) is 41.7 Å². The standard InChI is InChI=1S/C15H31N5O3S.HI/c1-6-24(22,23)20-9-7-12(8-10-20)19-14(17-5)18-11-15(2,3)13(21)16-4;/h12H,6-11H2,1-5H3,(H,16,21)(H2,17,18,19);1H. The number of halogens is 1. The van der Waals surface area contributed by atoms with E-state index in [1.807, 2.05) is 13.8 Å². The van der Waals surface area contributed by atoms with Crippen molar-refractivity contribution in [2.45, 2.75) is 39.7 Å². The van der Waals surface area contributed by atoms with Crippen molar-refractivity contribution in [2.75, 3.05) is 39.5 Å². The van der Waals surface area contributed by atoms with Gasteiger partial charge in [0.15, 0.2) is 5.96 Å². The lowest BCUT2D eigenvalue weighted by molar-refractivity contribution is -0.128. The molecule has 0 radical (unpaired) electrons. The molecule has 1 fully saturated rings. The monoisotopic (exact) mass is 489 g/mol. The second-order valence-corrected chi connectivity index (χ2v) is 8.86. The summed E-state index contributed by atoms with van der Waals surface area (Å²) in [4.78, 5) is 16.0. The van der Waals surface area contributed by atoms with Crippen LogP contribution in [0.5, 0.6) is 0 Å². The molecule has 0 bridgehead atoms. The van der Waals surface area contributed by atoms with Gasteiger partial charge in [-0.25, -0.2) is 12.7 Å². The molecule has 1 aliphatic rings. The fourth-order valence-electron chi connectivity index (χ4n) is 2.57. The highest BCUT2D eigenvalue weighted by molar-refractivity contribution is 14.0. The third kappa shape index (κ3) is 7.26. The molecule has 1 amide bonds. The van der Waals surface area contributed by atoms with Crippen LogP contribution in [-0.2, 0) is 14.8 Å². The van der Waals surface area contributed by atoms with E-state index in [0.29, 0.717) is 25.6 Å². The minimum absolute atomic E-state index is 0. The van der Waals surface area contributed by atoms with Crippen LogP contribution in [0.1, 0.15) is 33.6 Å². The first-order valence-corrected chi connectivity index (χ1v) is 9.94. The first kappa shape index (κ1) is 24.4. The molecule has 1 rings (SSSR count). The quantitative estimate of drug-likeness (QED) is 0.284. The highest BCUT2D eigenvalue weighted by Gasteiger charge is 2.29. The van der Waals surface area contributed by atoms with Gasteiger partial charge in [0.1, 0.15) is 0 Å². The minimum atomic E-state index is -3.11. The summed E-state index contributed by atoms with van der Waals surface area (Å²) in [5.41, 5.74) is -0.551. The molecule has 0 aromatic rings. The number of hydrogen-bond acceptors (Lipinski definition) is 4. The molecule has 0 aliphatic carbocycles. The van der Waals surface area contributed by atoms with Gasteiger partial charge in [-0.1, -0.05) is 0 Å². The van der Waals surface area contributed by atoms with E-state index in [1.54, 1.807) is 25.3 Å². The number of nitrogens with one attached hydrogen (secondary N) is 3. The zero-order valence-corrected chi connectivity index (χ0v) is 18.9. The number of aliphatic imine (C=N–C) groups is 1. The third-order valence-corrected chi connectivity index (χ3v) is 6.20. The fraction of sp³-hybridized carbons (Fsp3) is 0.867. The number of hydrogen-bond donors (Lipinski definition) is 3. The average molecular weight is 489 g/mol. The number of nitrogens with zero attached hydrogens (tertiary/aromatic N) is 2. The zero-order valence-electron chi connectivity index (χ0n) is 15.8. The number of rotatable bonds is 6. The molecular formula is C15H32IN5O3S. The van der Waals surface area contributed by atoms with Crippen LogP contribution in [0.2, 0.25) is 0 Å². The molecule has 148 valence electrons. The molecule has 0 unspecified atom stereocenters. The predicted octanol–water partition coefficient (Wildman–Crippen LogP) is 0.356. The van der Waals surface area contributed by atoms with Gasteiger partial charge >= 0.3 is 0 Å². The zero-order chi connectivity index (χ0) is 18.4. The van der Waals surface area contributed by atoms with Gasteiger partial charge in [0.25, 0.3) is 0 Å². The van der Waals surface area contributed by atoms with Crippen molar-refractivity contribution in [3.8, 4) is 0 Å². The Bertz CT molecular complexity index is 558. The number of piperidine rings is 1. The summed E-state index contributed by atoms with van der Waals surface area (Å²) in [6.45, 7) is 6.89. The largest absolute Gasteiger partial charge is 0.359 e. The van der Waals surface area contributed by atoms with Gasteiger partial charge in [0, 0.05) is 39.8 Å². The molecule has 0 spiro atoms. The second-order valence-electron chi connectivity index (χ2n) is 6.61. The summed E-state index contributed by atoms with van der Waals surface area (Å²) in [6.07, 6.45) is 1.47. The van der Waals surface area contributed by atoms with Crippen LogP contribution in [0.4, 0.5) is 0 Å². The van der Waals surface area contributed by atoms with Crippen molar-refractivity contribution in [2.24, 2.45) is 10.4 Å². The predicted molar refractivity (Wildman–Crippen MR) is 112 cm³/mol. The smallest absolute Gasteiger partial charge is 0.227 e. The van der Waals surface area contributed by atoms with Crippen LogP contribution in [-0.4, -0.2) is 70.1 Å². The number of amides is 1. The number of guanidine groups is 1. The summed E-state index contributed by atoms with van der Waals surface area (Å²) in [5.74, 6) is 0.732. The Morgan fingerprint density at radius 1 is 1.28 bits per heavy atom. The molecule has 1 saturated heterocycles. The van der Waals surface area contributed by atoms with Crippen LogP contribution in [0.25, 0.3) is 0 Å². The van der Waals surface area contributed by atoms with Crippen molar-refractivity contribution in [1.82, 2.24) is 20.3 Å². The molecule has 0 aromatic heterocycles. The van der Waals surface area contributed by atoms with Crippen molar-refractivity contribution >= 4 is 45.9 Å². The molecular weight excluding hydrogens is 457 g/mol. The van der Waals surface area contributed by atoms with E-state index in [1.165, 1.54) is 0 Å². The van der Waals surface area contributed by atoms with E-state index in [4.69, 9.17) is 0 Å². The third-order valence-electron chi connectivity index (χ3n) is 4.32. The molecule has 0 saturated carbocycles. The Morgan fingerprint density at radius 3 is 2.28 bits per heavy atom. The Morgan fingerprint density at radius 2 is 1.84 bits per heavy atom. The van der Waals surface area contributed by atoms with Gasteiger partial charge in [-0.05, 0) is 33.6 Å². The van der Waals surface area contributed by atoms with Crippen molar-refractivity contribution in [1.29, 1.82) is 0 Å². The Hall–Kier alpha value is -0.620. The van der Waals surface area contributed by atoms with Crippen LogP contribution >= 0.6 is 24.0 Å². The first-order valence-electron chi connectivity index (χ1n) is 8.33. The number of carbonyl (C=O) groups is 1. The second kappa shape index (κ2) is 10.5. The molecule has 1 aliphatic heterocycles. The van der Waals surface area contributed by atoms with Crippen LogP contribution < -0.4 is 16.0 Å². The molecule has 25 heavy (non-hydrogen) atoms. The highest BCUT2D eigenvalue weighted by Crippen LogP contribution is 2.15. The van der Waals surface area contributed by atoms with Crippen molar-refractivity contribution < 1.29 is 13.2 Å². The number of sulfonamides is 1. The summed E-state index contributed by atoms with van der Waals surface area (Å²) in [5, 5.41) is 9.13. The van der Waals surface area contributed by atoms with Gasteiger partial charge in [0.05, 0.1) is 11.2 Å². The maximum absolute atomic E-state index is 11.9. The van der Waals surface area contributed by atoms with Crippen LogP contribution in [0.3, 0.4) is 0 Å². The van der Waals surface area contributed by atoms with Gasteiger partial charge in [-0.3, -0.25) is 9.79 Å². The fourth-order valence-corrected chi connectivity index (χ4v) is 3.70. The molecule has 3 N–H and O–H groups in total. The highest BCUT2D eigenvalue weighted by atomic mass is 127. The van der Waals surface area contributed by atoms with Gasteiger partial charge < -0.3 is 16.0 Å². The minimum Gasteiger partial charge on any atom is -0.359 e. The lowest BCUT2D eigenvalue weighted by atomic mass is 9.92. The van der Waals surface area contributed by atoms with Gasteiger partial charge in [-0.15, -0.1) is 24.0 Å². The van der Waals surface area contributed by atoms with E-state index in [0.717, 1.165) is 12.8 Å². The van der Waals surface area contributed by atoms with E-state index >= 15 is 0 Å². The lowest BCUT2D eigenvalue weighted by Gasteiger charge is -2.32. The Labute approximate surface area is 168 Å². The summed E-state index contributed by atoms with van der Waals surface area (Å²) in [7, 11) is 0.194. The summed E-state index contributed by atoms with van der Waals surface area (Å²) in [6, 6.07) is 0.169. The van der Waals surface area contributed by atoms with E-state index in [2.05, 4.69) is 20.9 Å². The molecule has 0 aromatic carbocycles. The van der Waals surface area contributed by atoms with Crippen LogP contribution in [0, 0.1) is 5.41 Å². The number of carbonyl (C=O) groups excluding carboxylic acids is 1. The van der Waals surface area contributed by atoms with E-state index < -0.39 is 15.4 Å². The molecule has 10 heteroatoms. The first-order chi connectivity index (χ1) is 11.2. The molecule has 1 heterocycles. The maximum atomic E-state index is 11.9. The lowest BCUT2D eigenvalue weighted by Crippen LogP contribution is -2.52. The van der Waals surface area contributed by atoms with Crippen molar-refractivity contribution in [3.63, 3.8) is 0 Å². The summed E-state index contributed by atoms with van der Waals surface area (Å²) < 4.78 is 25.3.